The molecule has 3 heterocycles. The molecule has 2 N–H and O–H groups in total. The van der Waals surface area contributed by atoms with E-state index in [0.717, 1.165) is 18.0 Å². The molecule has 3 rings (SSSR count). The van der Waals surface area contributed by atoms with Crippen molar-refractivity contribution in [2.24, 2.45) is 0 Å². The topological polar surface area (TPSA) is 114 Å². The molecule has 0 aromatic carbocycles. The number of aromatic nitrogens is 3. The Kier molecular flexibility index (Phi) is 8.49. The second-order valence-electron chi connectivity index (χ2n) is 6.15. The van der Waals surface area contributed by atoms with Gasteiger partial charge in [-0.2, -0.15) is 0 Å². The first-order valence-electron chi connectivity index (χ1n) is 8.53. The lowest BCUT2D eigenvalue weighted by atomic mass is 10.2. The average Bonchev–Trinajstić information content (AvgIpc) is 3.29. The normalized spacial score (nSPS) is 19.6. The number of pyridine rings is 1. The molecule has 148 valence electrons. The zero-order valence-electron chi connectivity index (χ0n) is 15.6. The van der Waals surface area contributed by atoms with Gasteiger partial charge in [0, 0.05) is 43.5 Å². The van der Waals surface area contributed by atoms with Gasteiger partial charge in [0.2, 0.25) is 5.89 Å². The molecule has 27 heavy (non-hydrogen) atoms. The Hall–Kier alpha value is -2.17. The number of thioether (sulfide) groups is 1. The summed E-state index contributed by atoms with van der Waals surface area (Å²) in [5.41, 5.74) is 0. The van der Waals surface area contributed by atoms with Gasteiger partial charge in [-0.25, -0.2) is 0 Å². The number of carbonyl (C=O) groups is 1. The van der Waals surface area contributed by atoms with Crippen molar-refractivity contribution >= 4 is 24.2 Å². The van der Waals surface area contributed by atoms with Gasteiger partial charge in [0.05, 0.1) is 17.9 Å². The van der Waals surface area contributed by atoms with Crippen LogP contribution in [0, 0.1) is 0 Å². The molecule has 2 aromatic rings. The number of rotatable bonds is 7. The summed E-state index contributed by atoms with van der Waals surface area (Å²) in [4.78, 5) is 15.9. The Morgan fingerprint density at radius 2 is 2.11 bits per heavy atom. The maximum Gasteiger partial charge on any atom is 0.315 e. The van der Waals surface area contributed by atoms with Crippen molar-refractivity contribution in [3.05, 3.63) is 30.4 Å². The van der Waals surface area contributed by atoms with Crippen LogP contribution >= 0.6 is 11.8 Å². The number of nitrogens with zero attached hydrogens (tertiary/aromatic N) is 4. The van der Waals surface area contributed by atoms with Crippen molar-refractivity contribution in [1.82, 2.24) is 20.1 Å². The molecule has 0 bridgehead atoms. The van der Waals surface area contributed by atoms with Crippen LogP contribution < -0.4 is 5.32 Å². The molecule has 0 aliphatic carbocycles. The number of ether oxygens (including phenoxy) is 1. The van der Waals surface area contributed by atoms with Crippen LogP contribution in [0.1, 0.15) is 19.7 Å². The van der Waals surface area contributed by atoms with E-state index in [-0.39, 0.29) is 18.6 Å². The summed E-state index contributed by atoms with van der Waals surface area (Å²) < 4.78 is 11.3. The lowest BCUT2D eigenvalue weighted by Gasteiger charge is -2.19. The number of nitrogens with one attached hydrogen (secondary N) is 1. The van der Waals surface area contributed by atoms with Gasteiger partial charge in [0.25, 0.3) is 6.47 Å². The van der Waals surface area contributed by atoms with Gasteiger partial charge in [0.1, 0.15) is 0 Å². The van der Waals surface area contributed by atoms with Crippen molar-refractivity contribution in [3.8, 4) is 0 Å². The molecule has 0 spiro atoms. The van der Waals surface area contributed by atoms with Crippen LogP contribution in [0.15, 0.2) is 33.8 Å². The largest absolute Gasteiger partial charge is 0.483 e. The van der Waals surface area contributed by atoms with Crippen molar-refractivity contribution in [1.29, 1.82) is 0 Å². The molecule has 1 aliphatic rings. The van der Waals surface area contributed by atoms with Crippen molar-refractivity contribution < 1.29 is 19.1 Å². The minimum atomic E-state index is -0.250. The van der Waals surface area contributed by atoms with E-state index in [1.807, 2.05) is 12.1 Å². The van der Waals surface area contributed by atoms with Crippen LogP contribution in [0.3, 0.4) is 0 Å². The Labute approximate surface area is 162 Å². The summed E-state index contributed by atoms with van der Waals surface area (Å²) in [6, 6.07) is 5.02. The predicted octanol–water partition coefficient (Wildman–Crippen LogP) is 1.98. The van der Waals surface area contributed by atoms with E-state index >= 15 is 0 Å². The standard InChI is InChI=1S/C16H23N5O2S.CH2O2/c1-11(2)21-8-13(14(9-21)22-3)18-16-20-19-15(23-16)10-24-12-4-6-17-7-5-12;2-1-3/h4-7,11,13-14H,8-10H2,1-3H3,(H,18,20);1H,(H,2,3)/t13-,14-;/m0./s1. The van der Waals surface area contributed by atoms with Crippen LogP contribution in [-0.4, -0.2) is 70.0 Å². The minimum Gasteiger partial charge on any atom is -0.483 e. The lowest BCUT2D eigenvalue weighted by Crippen LogP contribution is -2.34. The quantitative estimate of drug-likeness (QED) is 0.533. The third kappa shape index (κ3) is 6.49. The van der Waals surface area contributed by atoms with Gasteiger partial charge in [0.15, 0.2) is 0 Å². The van der Waals surface area contributed by atoms with Gasteiger partial charge in [-0.15, -0.1) is 16.9 Å². The van der Waals surface area contributed by atoms with E-state index in [0.29, 0.717) is 23.7 Å². The molecular formula is C17H25N5O4S. The third-order valence-corrected chi connectivity index (χ3v) is 5.11. The third-order valence-electron chi connectivity index (χ3n) is 4.12. The fourth-order valence-corrected chi connectivity index (χ4v) is 3.43. The predicted molar refractivity (Wildman–Crippen MR) is 102 cm³/mol. The van der Waals surface area contributed by atoms with Crippen LogP contribution in [0.4, 0.5) is 6.01 Å². The molecule has 0 radical (unpaired) electrons. The first kappa shape index (κ1) is 21.1. The Morgan fingerprint density at radius 1 is 1.41 bits per heavy atom. The second-order valence-corrected chi connectivity index (χ2v) is 7.20. The highest BCUT2D eigenvalue weighted by molar-refractivity contribution is 7.98. The van der Waals surface area contributed by atoms with Gasteiger partial charge < -0.3 is 19.6 Å². The van der Waals surface area contributed by atoms with E-state index in [1.54, 1.807) is 31.3 Å². The van der Waals surface area contributed by atoms with E-state index in [2.05, 4.69) is 39.2 Å². The van der Waals surface area contributed by atoms with Gasteiger partial charge in [-0.3, -0.25) is 14.7 Å². The molecule has 10 heteroatoms. The zero-order chi connectivity index (χ0) is 19.6. The van der Waals surface area contributed by atoms with Crippen molar-refractivity contribution in [2.75, 3.05) is 25.5 Å². The number of hydrogen-bond acceptors (Lipinski definition) is 9. The summed E-state index contributed by atoms with van der Waals surface area (Å²) in [5.74, 6) is 1.24. The molecule has 9 nitrogen and oxygen atoms in total. The fraction of sp³-hybridized carbons (Fsp3) is 0.529. The lowest BCUT2D eigenvalue weighted by molar-refractivity contribution is -0.122. The highest BCUT2D eigenvalue weighted by Gasteiger charge is 2.34. The molecule has 1 aliphatic heterocycles. The highest BCUT2D eigenvalue weighted by atomic mass is 32.2. The monoisotopic (exact) mass is 395 g/mol. The maximum atomic E-state index is 8.36. The molecule has 1 fully saturated rings. The Bertz CT molecular complexity index is 685. The number of carboxylic acid groups (broad SMARTS) is 1. The van der Waals surface area contributed by atoms with E-state index < -0.39 is 0 Å². The minimum absolute atomic E-state index is 0.119. The number of hydrogen-bond donors (Lipinski definition) is 2. The molecular weight excluding hydrogens is 370 g/mol. The molecule has 0 saturated carbocycles. The van der Waals surface area contributed by atoms with Crippen molar-refractivity contribution in [2.45, 2.75) is 42.7 Å². The zero-order valence-corrected chi connectivity index (χ0v) is 16.4. The molecule has 0 unspecified atom stereocenters. The van der Waals surface area contributed by atoms with E-state index in [9.17, 15) is 0 Å². The Morgan fingerprint density at radius 3 is 2.74 bits per heavy atom. The Balaban J connectivity index is 0.000000817. The van der Waals surface area contributed by atoms with Gasteiger partial charge in [-0.1, -0.05) is 5.10 Å². The summed E-state index contributed by atoms with van der Waals surface area (Å²) in [6.07, 6.45) is 3.66. The van der Waals surface area contributed by atoms with Crippen LogP contribution in [0.25, 0.3) is 0 Å². The molecule has 2 atom stereocenters. The van der Waals surface area contributed by atoms with Crippen molar-refractivity contribution in [3.63, 3.8) is 0 Å². The molecule has 2 aromatic heterocycles. The van der Waals surface area contributed by atoms with Gasteiger partial charge in [-0.05, 0) is 26.0 Å². The molecule has 1 saturated heterocycles. The second kappa shape index (κ2) is 10.9. The summed E-state index contributed by atoms with van der Waals surface area (Å²) in [5, 5.41) is 18.4. The van der Waals surface area contributed by atoms with Crippen LogP contribution in [0.2, 0.25) is 0 Å². The van der Waals surface area contributed by atoms with Crippen LogP contribution in [0.5, 0.6) is 0 Å². The smallest absolute Gasteiger partial charge is 0.315 e. The van der Waals surface area contributed by atoms with Crippen LogP contribution in [-0.2, 0) is 15.3 Å². The number of likely N-dealkylation sites (tertiary alicyclic amines) is 1. The van der Waals surface area contributed by atoms with E-state index in [1.165, 1.54) is 0 Å². The maximum absolute atomic E-state index is 8.36. The first-order chi connectivity index (χ1) is 13.1. The SMILES string of the molecule is CO[C@H]1CN(C(C)C)C[C@@H]1Nc1nnc(CSc2ccncc2)o1.O=CO. The summed E-state index contributed by atoms with van der Waals surface area (Å²) in [7, 11) is 1.74. The summed E-state index contributed by atoms with van der Waals surface area (Å²) >= 11 is 1.64. The fourth-order valence-electron chi connectivity index (χ4n) is 2.71. The highest BCUT2D eigenvalue weighted by Crippen LogP contribution is 2.23. The average molecular weight is 395 g/mol. The number of methoxy groups -OCH3 is 1. The van der Waals surface area contributed by atoms with E-state index in [4.69, 9.17) is 19.1 Å². The van der Waals surface area contributed by atoms with Gasteiger partial charge >= 0.3 is 6.01 Å². The molecule has 0 amide bonds. The number of anilines is 1. The summed E-state index contributed by atoms with van der Waals surface area (Å²) in [6.45, 7) is 5.94. The first-order valence-corrected chi connectivity index (χ1v) is 9.52.